The van der Waals surface area contributed by atoms with Crippen LogP contribution in [-0.2, 0) is 0 Å². The summed E-state index contributed by atoms with van der Waals surface area (Å²) in [6.45, 7) is 0. The van der Waals surface area contributed by atoms with Crippen LogP contribution in [0.2, 0.25) is 5.15 Å². The number of carbonyl (C=O) groups is 1. The predicted molar refractivity (Wildman–Crippen MR) is 75.4 cm³/mol. The Morgan fingerprint density at radius 3 is 2.86 bits per heavy atom. The number of piperidine rings is 1. The van der Waals surface area contributed by atoms with Crippen molar-refractivity contribution in [3.8, 4) is 0 Å². The first-order valence-electron chi connectivity index (χ1n) is 6.84. The van der Waals surface area contributed by atoms with E-state index in [1.54, 1.807) is 11.9 Å². The molecule has 0 saturated carbocycles. The van der Waals surface area contributed by atoms with Crippen LogP contribution in [0.15, 0.2) is 12.4 Å². The summed E-state index contributed by atoms with van der Waals surface area (Å²) in [5.41, 5.74) is 0. The van der Waals surface area contributed by atoms with E-state index in [1.807, 2.05) is 0 Å². The van der Waals surface area contributed by atoms with Crippen LogP contribution in [0.4, 0.5) is 15.0 Å². The predicted octanol–water partition coefficient (Wildman–Crippen LogP) is 2.19. The van der Waals surface area contributed by atoms with Crippen LogP contribution in [-0.4, -0.2) is 57.4 Å². The van der Waals surface area contributed by atoms with Crippen LogP contribution < -0.4 is 4.90 Å². The van der Waals surface area contributed by atoms with Crippen LogP contribution in [0.5, 0.6) is 0 Å². The van der Waals surface area contributed by atoms with Gasteiger partial charge in [0.2, 0.25) is 0 Å². The molecule has 6 nitrogen and oxygen atoms in total. The third-order valence-electron chi connectivity index (χ3n) is 4.48. The summed E-state index contributed by atoms with van der Waals surface area (Å²) in [5, 5.41) is 9.50. The number of hydrogen-bond acceptors (Lipinski definition) is 4. The van der Waals surface area contributed by atoms with Crippen LogP contribution in [0, 0.1) is 0 Å². The van der Waals surface area contributed by atoms with Gasteiger partial charge in [-0.15, -0.1) is 0 Å². The van der Waals surface area contributed by atoms with Gasteiger partial charge in [-0.2, -0.15) is 0 Å². The smallest absolute Gasteiger partial charge is 0.407 e. The van der Waals surface area contributed by atoms with Gasteiger partial charge in [0.1, 0.15) is 17.1 Å². The highest BCUT2D eigenvalue weighted by Crippen LogP contribution is 2.39. The molecule has 4 atom stereocenters. The molecule has 0 radical (unpaired) electrons. The third-order valence-corrected chi connectivity index (χ3v) is 4.68. The molecular formula is C13H16ClFN4O2. The molecule has 3 heterocycles. The fourth-order valence-electron chi connectivity index (χ4n) is 3.45. The van der Waals surface area contributed by atoms with Crippen molar-refractivity contribution in [1.29, 1.82) is 0 Å². The number of rotatable bonds is 2. The first kappa shape index (κ1) is 14.3. The van der Waals surface area contributed by atoms with Crippen LogP contribution >= 0.6 is 11.6 Å². The van der Waals surface area contributed by atoms with Gasteiger partial charge in [0, 0.05) is 13.1 Å². The van der Waals surface area contributed by atoms with E-state index in [4.69, 9.17) is 11.6 Å². The van der Waals surface area contributed by atoms with Gasteiger partial charge in [-0.25, -0.2) is 19.2 Å². The number of nitrogens with zero attached hydrogens (tertiary/aromatic N) is 4. The topological polar surface area (TPSA) is 69.6 Å². The average molecular weight is 315 g/mol. The quantitative estimate of drug-likeness (QED) is 0.906. The zero-order valence-corrected chi connectivity index (χ0v) is 12.2. The zero-order valence-electron chi connectivity index (χ0n) is 11.5. The lowest BCUT2D eigenvalue weighted by Gasteiger charge is -2.43. The molecule has 2 bridgehead atoms. The molecular weight excluding hydrogens is 299 g/mol. The molecule has 3 rings (SSSR count). The molecule has 0 aliphatic carbocycles. The maximum atomic E-state index is 14.7. The third kappa shape index (κ3) is 2.39. The van der Waals surface area contributed by atoms with Crippen molar-refractivity contribution in [3.63, 3.8) is 0 Å². The minimum Gasteiger partial charge on any atom is -0.465 e. The molecule has 2 aliphatic heterocycles. The number of aromatic nitrogens is 2. The number of alkyl halides is 1. The Hall–Kier alpha value is -1.63. The van der Waals surface area contributed by atoms with E-state index < -0.39 is 24.3 Å². The van der Waals surface area contributed by atoms with E-state index in [0.29, 0.717) is 25.1 Å². The second-order valence-electron chi connectivity index (χ2n) is 5.54. The van der Waals surface area contributed by atoms with E-state index in [-0.39, 0.29) is 11.2 Å². The van der Waals surface area contributed by atoms with E-state index in [2.05, 4.69) is 9.97 Å². The molecule has 21 heavy (non-hydrogen) atoms. The van der Waals surface area contributed by atoms with Crippen molar-refractivity contribution in [2.45, 2.75) is 43.6 Å². The highest BCUT2D eigenvalue weighted by Gasteiger charge is 2.51. The molecule has 1 aromatic rings. The summed E-state index contributed by atoms with van der Waals surface area (Å²) >= 11 is 5.70. The Labute approximate surface area is 126 Å². The molecule has 4 unspecified atom stereocenters. The SMILES string of the molecule is CN(c1cnc(Cl)cn1)C1CC2CCC(C1F)N2C(=O)O. The molecule has 8 heteroatoms. The Morgan fingerprint density at radius 2 is 2.24 bits per heavy atom. The molecule has 114 valence electrons. The van der Waals surface area contributed by atoms with E-state index >= 15 is 0 Å². The molecule has 1 amide bonds. The van der Waals surface area contributed by atoms with Crippen molar-refractivity contribution in [2.24, 2.45) is 0 Å². The van der Waals surface area contributed by atoms with Gasteiger partial charge < -0.3 is 10.0 Å². The summed E-state index contributed by atoms with van der Waals surface area (Å²) in [4.78, 5) is 22.4. The normalized spacial score (nSPS) is 31.3. The van der Waals surface area contributed by atoms with Gasteiger partial charge >= 0.3 is 6.09 Å². The highest BCUT2D eigenvalue weighted by atomic mass is 35.5. The average Bonchev–Trinajstić information content (AvgIpc) is 2.81. The van der Waals surface area contributed by atoms with Crippen molar-refractivity contribution < 1.29 is 14.3 Å². The van der Waals surface area contributed by atoms with Crippen LogP contribution in [0.3, 0.4) is 0 Å². The number of hydrogen-bond donors (Lipinski definition) is 1. The van der Waals surface area contributed by atoms with Crippen molar-refractivity contribution in [3.05, 3.63) is 17.5 Å². The first-order valence-corrected chi connectivity index (χ1v) is 7.22. The Morgan fingerprint density at radius 1 is 1.48 bits per heavy atom. The highest BCUT2D eigenvalue weighted by molar-refractivity contribution is 6.29. The second kappa shape index (κ2) is 5.29. The van der Waals surface area contributed by atoms with Crippen molar-refractivity contribution in [1.82, 2.24) is 14.9 Å². The van der Waals surface area contributed by atoms with Crippen LogP contribution in [0.25, 0.3) is 0 Å². The standard InChI is InChI=1S/C13H16ClFN4O2/c1-18(11-6-16-10(14)5-17-11)9-4-7-2-3-8(12(9)15)19(7)13(20)21/h5-9,12H,2-4H2,1H3,(H,20,21). The minimum absolute atomic E-state index is 0.118. The first-order chi connectivity index (χ1) is 9.99. The lowest BCUT2D eigenvalue weighted by Crippen LogP contribution is -2.58. The summed E-state index contributed by atoms with van der Waals surface area (Å²) in [6, 6.07) is -1.07. The maximum absolute atomic E-state index is 14.7. The molecule has 2 saturated heterocycles. The molecule has 0 aromatic carbocycles. The Bertz CT molecular complexity index is 543. The summed E-state index contributed by atoms with van der Waals surface area (Å²) < 4.78 is 14.7. The molecule has 2 fully saturated rings. The second-order valence-corrected chi connectivity index (χ2v) is 5.93. The van der Waals surface area contributed by atoms with Gasteiger partial charge in [0.15, 0.2) is 0 Å². The fourth-order valence-corrected chi connectivity index (χ4v) is 3.55. The largest absolute Gasteiger partial charge is 0.465 e. The van der Waals surface area contributed by atoms with Gasteiger partial charge in [0.05, 0.1) is 24.5 Å². The monoisotopic (exact) mass is 314 g/mol. The summed E-state index contributed by atoms with van der Waals surface area (Å²) in [6.07, 6.45) is 2.41. The number of halogens is 2. The Balaban J connectivity index is 1.81. The molecule has 0 spiro atoms. The van der Waals surface area contributed by atoms with Crippen molar-refractivity contribution >= 4 is 23.5 Å². The fraction of sp³-hybridized carbons (Fsp3) is 0.615. The number of fused-ring (bicyclic) bond motifs is 2. The van der Waals surface area contributed by atoms with Gasteiger partial charge in [-0.05, 0) is 19.3 Å². The van der Waals surface area contributed by atoms with Gasteiger partial charge in [-0.1, -0.05) is 11.6 Å². The van der Waals surface area contributed by atoms with Gasteiger partial charge in [0.25, 0.3) is 0 Å². The molecule has 2 aliphatic rings. The molecule has 1 N–H and O–H groups in total. The number of amides is 1. The Kier molecular flexibility index (Phi) is 3.61. The van der Waals surface area contributed by atoms with Crippen LogP contribution in [0.1, 0.15) is 19.3 Å². The summed E-state index contributed by atoms with van der Waals surface area (Å²) in [7, 11) is 1.75. The zero-order chi connectivity index (χ0) is 15.1. The van der Waals surface area contributed by atoms with E-state index in [9.17, 15) is 14.3 Å². The number of anilines is 1. The van der Waals surface area contributed by atoms with Gasteiger partial charge in [-0.3, -0.25) is 4.90 Å². The van der Waals surface area contributed by atoms with Crippen molar-refractivity contribution in [2.75, 3.05) is 11.9 Å². The van der Waals surface area contributed by atoms with E-state index in [0.717, 1.165) is 0 Å². The minimum atomic E-state index is -1.23. The lowest BCUT2D eigenvalue weighted by molar-refractivity contribution is 0.0490. The summed E-state index contributed by atoms with van der Waals surface area (Å²) in [5.74, 6) is 0.537. The molecule has 1 aromatic heterocycles. The number of carboxylic acid groups (broad SMARTS) is 1. The lowest BCUT2D eigenvalue weighted by atomic mass is 9.94. The van der Waals surface area contributed by atoms with E-state index in [1.165, 1.54) is 17.3 Å². The maximum Gasteiger partial charge on any atom is 0.407 e.